The van der Waals surface area contributed by atoms with Crippen LogP contribution in [0.2, 0.25) is 0 Å². The first-order valence-corrected chi connectivity index (χ1v) is 5.47. The molecule has 2 heterocycles. The molecule has 0 spiro atoms. The summed E-state index contributed by atoms with van der Waals surface area (Å²) in [7, 11) is 0. The Morgan fingerprint density at radius 2 is 2.29 bits per heavy atom. The molecule has 0 saturated heterocycles. The van der Waals surface area contributed by atoms with Gasteiger partial charge in [-0.15, -0.1) is 11.8 Å². The van der Waals surface area contributed by atoms with Crippen LogP contribution in [0.4, 0.5) is 5.82 Å². The summed E-state index contributed by atoms with van der Waals surface area (Å²) in [5, 5.41) is 0. The van der Waals surface area contributed by atoms with Gasteiger partial charge in [-0.05, 0) is 5.75 Å². The first-order chi connectivity index (χ1) is 6.83. The Bertz CT molecular complexity index is 438. The number of imidazole rings is 1. The number of hydrogen-bond acceptors (Lipinski definition) is 5. The molecule has 0 aliphatic heterocycles. The van der Waals surface area contributed by atoms with Crippen LogP contribution in [0, 0.1) is 0 Å². The van der Waals surface area contributed by atoms with Gasteiger partial charge in [0.25, 0.3) is 0 Å². The predicted octanol–water partition coefficient (Wildman–Crippen LogP) is 1.12. The highest BCUT2D eigenvalue weighted by atomic mass is 32.2. The number of aromatic nitrogens is 4. The molecule has 0 atom stereocenters. The Labute approximate surface area is 85.7 Å². The molecule has 2 aromatic rings. The lowest BCUT2D eigenvalue weighted by Gasteiger charge is -2.00. The monoisotopic (exact) mass is 209 g/mol. The summed E-state index contributed by atoms with van der Waals surface area (Å²) in [5.74, 6) is 2.36. The van der Waals surface area contributed by atoms with E-state index in [-0.39, 0.29) is 0 Å². The second-order valence-corrected chi connectivity index (χ2v) is 4.01. The summed E-state index contributed by atoms with van der Waals surface area (Å²) in [4.78, 5) is 12.2. The maximum absolute atomic E-state index is 5.66. The average molecular weight is 209 g/mol. The molecule has 0 unspecified atom stereocenters. The van der Waals surface area contributed by atoms with Crippen LogP contribution in [0.1, 0.15) is 6.92 Å². The molecule has 0 radical (unpaired) electrons. The normalized spacial score (nSPS) is 10.9. The summed E-state index contributed by atoms with van der Waals surface area (Å²) in [6.07, 6.45) is 3.21. The van der Waals surface area contributed by atoms with Crippen molar-refractivity contribution in [2.24, 2.45) is 0 Å². The third kappa shape index (κ3) is 1.52. The van der Waals surface area contributed by atoms with Gasteiger partial charge in [0.2, 0.25) is 0 Å². The standard InChI is InChI=1S/C8H11N5S/c1-2-14-5-13-4-12-6-7(9)10-3-11-8(6)13/h3-4H,2,5H2,1H3,(H2,9,10,11). The van der Waals surface area contributed by atoms with Crippen LogP contribution >= 0.6 is 11.8 Å². The first kappa shape index (κ1) is 9.26. The second-order valence-electron chi connectivity index (χ2n) is 2.77. The van der Waals surface area contributed by atoms with Crippen molar-refractivity contribution in [3.05, 3.63) is 12.7 Å². The minimum absolute atomic E-state index is 0.440. The minimum atomic E-state index is 0.440. The Hall–Kier alpha value is -1.30. The molecule has 0 aliphatic carbocycles. The van der Waals surface area contributed by atoms with E-state index in [9.17, 15) is 0 Å². The molecule has 0 aliphatic rings. The van der Waals surface area contributed by atoms with Crippen LogP contribution in [0.5, 0.6) is 0 Å². The molecule has 0 aromatic carbocycles. The zero-order valence-corrected chi connectivity index (χ0v) is 8.66. The minimum Gasteiger partial charge on any atom is -0.382 e. The van der Waals surface area contributed by atoms with Crippen molar-refractivity contribution in [2.75, 3.05) is 11.5 Å². The van der Waals surface area contributed by atoms with Gasteiger partial charge in [-0.2, -0.15) is 0 Å². The quantitative estimate of drug-likeness (QED) is 0.820. The average Bonchev–Trinajstić information content (AvgIpc) is 2.60. The molecular weight excluding hydrogens is 198 g/mol. The number of nitrogens with zero attached hydrogens (tertiary/aromatic N) is 4. The molecule has 0 fully saturated rings. The maximum Gasteiger partial charge on any atom is 0.166 e. The van der Waals surface area contributed by atoms with Gasteiger partial charge >= 0.3 is 0 Å². The van der Waals surface area contributed by atoms with E-state index in [1.807, 2.05) is 16.3 Å². The Kier molecular flexibility index (Phi) is 2.53. The van der Waals surface area contributed by atoms with Crippen LogP contribution in [-0.2, 0) is 5.88 Å². The van der Waals surface area contributed by atoms with Gasteiger partial charge in [0.05, 0.1) is 12.2 Å². The van der Waals surface area contributed by atoms with E-state index >= 15 is 0 Å². The molecular formula is C8H11N5S. The van der Waals surface area contributed by atoms with Crippen LogP contribution in [-0.4, -0.2) is 25.3 Å². The molecule has 2 N–H and O–H groups in total. The lowest BCUT2D eigenvalue weighted by molar-refractivity contribution is 0.905. The van der Waals surface area contributed by atoms with Gasteiger partial charge in [-0.3, -0.25) is 0 Å². The van der Waals surface area contributed by atoms with Gasteiger partial charge in [0.1, 0.15) is 11.8 Å². The van der Waals surface area contributed by atoms with E-state index in [2.05, 4.69) is 21.9 Å². The topological polar surface area (TPSA) is 69.6 Å². The second kappa shape index (κ2) is 3.83. The lowest BCUT2D eigenvalue weighted by Crippen LogP contribution is -1.97. The Balaban J connectivity index is 2.42. The number of anilines is 1. The third-order valence-corrected chi connectivity index (χ3v) is 2.73. The number of nitrogens with two attached hydrogens (primary N) is 1. The van der Waals surface area contributed by atoms with Crippen LogP contribution in [0.15, 0.2) is 12.7 Å². The largest absolute Gasteiger partial charge is 0.382 e. The van der Waals surface area contributed by atoms with E-state index < -0.39 is 0 Å². The lowest BCUT2D eigenvalue weighted by atomic mass is 10.5. The highest BCUT2D eigenvalue weighted by Crippen LogP contribution is 2.16. The Morgan fingerprint density at radius 3 is 3.07 bits per heavy atom. The maximum atomic E-state index is 5.66. The number of hydrogen-bond donors (Lipinski definition) is 1. The van der Waals surface area contributed by atoms with Crippen molar-refractivity contribution in [2.45, 2.75) is 12.8 Å². The van der Waals surface area contributed by atoms with Crippen molar-refractivity contribution in [3.8, 4) is 0 Å². The molecule has 0 amide bonds. The fourth-order valence-corrected chi connectivity index (χ4v) is 1.75. The van der Waals surface area contributed by atoms with Crippen molar-refractivity contribution in [1.82, 2.24) is 19.5 Å². The van der Waals surface area contributed by atoms with Crippen molar-refractivity contribution in [3.63, 3.8) is 0 Å². The van der Waals surface area contributed by atoms with E-state index in [1.165, 1.54) is 6.33 Å². The van der Waals surface area contributed by atoms with Gasteiger partial charge in [0, 0.05) is 0 Å². The van der Waals surface area contributed by atoms with E-state index in [1.54, 1.807) is 6.33 Å². The summed E-state index contributed by atoms with van der Waals surface area (Å²) in [5.41, 5.74) is 7.15. The summed E-state index contributed by atoms with van der Waals surface area (Å²) in [6.45, 7) is 2.12. The number of rotatable bonds is 3. The molecule has 0 saturated carbocycles. The molecule has 2 aromatic heterocycles. The fraction of sp³-hybridized carbons (Fsp3) is 0.375. The molecule has 74 valence electrons. The van der Waals surface area contributed by atoms with E-state index in [0.29, 0.717) is 11.3 Å². The van der Waals surface area contributed by atoms with Gasteiger partial charge in [0.15, 0.2) is 11.5 Å². The molecule has 0 bridgehead atoms. The van der Waals surface area contributed by atoms with Crippen LogP contribution in [0.3, 0.4) is 0 Å². The fourth-order valence-electron chi connectivity index (χ4n) is 1.18. The van der Waals surface area contributed by atoms with Crippen LogP contribution < -0.4 is 5.73 Å². The highest BCUT2D eigenvalue weighted by molar-refractivity contribution is 7.98. The zero-order valence-electron chi connectivity index (χ0n) is 7.84. The molecule has 14 heavy (non-hydrogen) atoms. The third-order valence-electron chi connectivity index (χ3n) is 1.86. The summed E-state index contributed by atoms with van der Waals surface area (Å²) < 4.78 is 1.97. The molecule has 2 rings (SSSR count). The number of nitrogen functional groups attached to an aromatic ring is 1. The van der Waals surface area contributed by atoms with Gasteiger partial charge in [-0.1, -0.05) is 6.92 Å². The van der Waals surface area contributed by atoms with E-state index in [4.69, 9.17) is 5.73 Å². The number of fused-ring (bicyclic) bond motifs is 1. The van der Waals surface area contributed by atoms with Crippen molar-refractivity contribution < 1.29 is 0 Å². The zero-order chi connectivity index (χ0) is 9.97. The highest BCUT2D eigenvalue weighted by Gasteiger charge is 2.06. The van der Waals surface area contributed by atoms with Gasteiger partial charge < -0.3 is 10.3 Å². The summed E-state index contributed by atoms with van der Waals surface area (Å²) >= 11 is 1.81. The van der Waals surface area contributed by atoms with E-state index in [0.717, 1.165) is 17.3 Å². The predicted molar refractivity (Wildman–Crippen MR) is 57.9 cm³/mol. The molecule has 6 heteroatoms. The Morgan fingerprint density at radius 1 is 1.43 bits per heavy atom. The smallest absolute Gasteiger partial charge is 0.166 e. The van der Waals surface area contributed by atoms with Gasteiger partial charge in [-0.25, -0.2) is 15.0 Å². The summed E-state index contributed by atoms with van der Waals surface area (Å²) in [6, 6.07) is 0. The van der Waals surface area contributed by atoms with Crippen LogP contribution in [0.25, 0.3) is 11.2 Å². The first-order valence-electron chi connectivity index (χ1n) is 4.32. The van der Waals surface area contributed by atoms with Crippen molar-refractivity contribution in [1.29, 1.82) is 0 Å². The SMILES string of the molecule is CCSCn1cnc2c(N)ncnc21. The molecule has 5 nitrogen and oxygen atoms in total. The number of thioether (sulfide) groups is 1. The van der Waals surface area contributed by atoms with Crippen molar-refractivity contribution >= 4 is 28.7 Å².